The Morgan fingerprint density at radius 2 is 1.70 bits per heavy atom. The molecular formula is C22H28FNO2S. The molecule has 0 radical (unpaired) electrons. The Labute approximate surface area is 166 Å². The van der Waals surface area contributed by atoms with E-state index in [1.54, 1.807) is 13.0 Å². The van der Waals surface area contributed by atoms with Crippen LogP contribution < -0.4 is 4.74 Å². The first kappa shape index (κ1) is 20.2. The Balaban J connectivity index is 1.55. The van der Waals surface area contributed by atoms with Crippen LogP contribution in [0.2, 0.25) is 0 Å². The zero-order chi connectivity index (χ0) is 19.4. The van der Waals surface area contributed by atoms with Crippen molar-refractivity contribution in [2.24, 2.45) is 28.7 Å². The van der Waals surface area contributed by atoms with Crippen LogP contribution in [0.1, 0.15) is 63.9 Å². The van der Waals surface area contributed by atoms with Crippen molar-refractivity contribution < 1.29 is 13.9 Å². The highest BCUT2D eigenvalue weighted by Gasteiger charge is 2.33. The zero-order valence-corrected chi connectivity index (χ0v) is 17.0. The third-order valence-electron chi connectivity index (χ3n) is 6.44. The van der Waals surface area contributed by atoms with Crippen LogP contribution in [0.15, 0.2) is 17.1 Å². The zero-order valence-electron chi connectivity index (χ0n) is 16.2. The van der Waals surface area contributed by atoms with E-state index in [2.05, 4.69) is 29.3 Å². The molecule has 2 fully saturated rings. The summed E-state index contributed by atoms with van der Waals surface area (Å²) in [7, 11) is 0. The summed E-state index contributed by atoms with van der Waals surface area (Å²) in [5.74, 6) is 1.84. The summed E-state index contributed by atoms with van der Waals surface area (Å²) in [5, 5.41) is 2.17. The molecule has 2 aliphatic rings. The smallest absolute Gasteiger partial charge is 0.314 e. The average Bonchev–Trinajstić information content (AvgIpc) is 2.65. The molecule has 0 aliphatic heterocycles. The molecule has 146 valence electrons. The van der Waals surface area contributed by atoms with Gasteiger partial charge in [0.2, 0.25) is 0 Å². The second kappa shape index (κ2) is 9.07. The maximum absolute atomic E-state index is 14.1. The molecule has 3 nitrogen and oxygen atoms in total. The highest BCUT2D eigenvalue weighted by atomic mass is 32.1. The lowest BCUT2D eigenvalue weighted by atomic mass is 9.69. The number of esters is 1. The van der Waals surface area contributed by atoms with Crippen molar-refractivity contribution in [1.82, 2.24) is 0 Å². The summed E-state index contributed by atoms with van der Waals surface area (Å²) in [6, 6.07) is 2.83. The molecule has 0 atom stereocenters. The molecule has 0 amide bonds. The third kappa shape index (κ3) is 5.03. The molecule has 2 aliphatic carbocycles. The largest absolute Gasteiger partial charge is 0.426 e. The fraction of sp³-hybridized carbons (Fsp3) is 0.636. The van der Waals surface area contributed by atoms with Gasteiger partial charge < -0.3 is 4.74 Å². The molecule has 3 rings (SSSR count). The molecule has 0 bridgehead atoms. The fourth-order valence-electron chi connectivity index (χ4n) is 4.73. The molecule has 0 aromatic heterocycles. The molecule has 0 saturated heterocycles. The lowest BCUT2D eigenvalue weighted by Crippen LogP contribution is -2.29. The minimum absolute atomic E-state index is 0.0780. The number of hydrogen-bond acceptors (Lipinski definition) is 4. The molecule has 0 N–H and O–H groups in total. The van der Waals surface area contributed by atoms with Gasteiger partial charge in [-0.2, -0.15) is 4.99 Å². The van der Waals surface area contributed by atoms with Crippen LogP contribution in [0.3, 0.4) is 0 Å². The second-order valence-electron chi connectivity index (χ2n) is 8.33. The van der Waals surface area contributed by atoms with Gasteiger partial charge in [-0.1, -0.05) is 19.8 Å². The van der Waals surface area contributed by atoms with E-state index in [9.17, 15) is 9.18 Å². The summed E-state index contributed by atoms with van der Waals surface area (Å²) >= 11 is 4.54. The van der Waals surface area contributed by atoms with Crippen LogP contribution in [0.25, 0.3) is 0 Å². The second-order valence-corrected chi connectivity index (χ2v) is 8.51. The number of thiocarbonyl (C=S) groups is 1. The van der Waals surface area contributed by atoms with Crippen molar-refractivity contribution in [3.05, 3.63) is 23.5 Å². The minimum Gasteiger partial charge on any atom is -0.426 e. The van der Waals surface area contributed by atoms with Gasteiger partial charge in [0, 0.05) is 6.07 Å². The normalized spacial score (nSPS) is 28.3. The number of carbonyl (C=O) groups is 1. The number of aliphatic imine (C=N–C) groups is 1. The number of ether oxygens (including phenoxy) is 1. The van der Waals surface area contributed by atoms with Crippen molar-refractivity contribution in [3.8, 4) is 5.75 Å². The van der Waals surface area contributed by atoms with Crippen LogP contribution in [-0.4, -0.2) is 11.1 Å². The topological polar surface area (TPSA) is 38.7 Å². The number of nitrogens with zero attached hydrogens (tertiary/aromatic N) is 1. The van der Waals surface area contributed by atoms with Crippen LogP contribution >= 0.6 is 12.2 Å². The predicted octanol–water partition coefficient (Wildman–Crippen LogP) is 6.41. The Hall–Kier alpha value is -1.58. The highest BCUT2D eigenvalue weighted by Crippen LogP contribution is 2.41. The summed E-state index contributed by atoms with van der Waals surface area (Å²) < 4.78 is 19.6. The molecule has 27 heavy (non-hydrogen) atoms. The maximum Gasteiger partial charge on any atom is 0.314 e. The predicted molar refractivity (Wildman–Crippen MR) is 108 cm³/mol. The van der Waals surface area contributed by atoms with Gasteiger partial charge in [-0.25, -0.2) is 4.39 Å². The SMILES string of the molecule is Cc1cc(OC(=O)C2CCC(C3CCC(C)CC3)CC2)cc(F)c1N=C=S. The van der Waals surface area contributed by atoms with Gasteiger partial charge >= 0.3 is 5.97 Å². The van der Waals surface area contributed by atoms with E-state index < -0.39 is 5.82 Å². The van der Waals surface area contributed by atoms with Gasteiger partial charge in [0.25, 0.3) is 0 Å². The van der Waals surface area contributed by atoms with Crippen LogP contribution in [0.5, 0.6) is 5.75 Å². The molecule has 0 unspecified atom stereocenters. The van der Waals surface area contributed by atoms with Gasteiger partial charge in [-0.15, -0.1) is 0 Å². The van der Waals surface area contributed by atoms with Crippen molar-refractivity contribution in [2.45, 2.75) is 65.2 Å². The highest BCUT2D eigenvalue weighted by molar-refractivity contribution is 7.78. The molecule has 1 aromatic rings. The monoisotopic (exact) mass is 389 g/mol. The van der Waals surface area contributed by atoms with Crippen LogP contribution in [-0.2, 0) is 4.79 Å². The van der Waals surface area contributed by atoms with Crippen molar-refractivity contribution in [1.29, 1.82) is 0 Å². The Bertz CT molecular complexity index is 705. The van der Waals surface area contributed by atoms with E-state index in [4.69, 9.17) is 4.74 Å². The minimum atomic E-state index is -0.551. The molecule has 5 heteroatoms. The molecule has 0 spiro atoms. The number of carbonyl (C=O) groups excluding carboxylic acids is 1. The van der Waals surface area contributed by atoms with Gasteiger partial charge in [0.05, 0.1) is 11.1 Å². The summed E-state index contributed by atoms with van der Waals surface area (Å²) in [5.41, 5.74) is 0.720. The molecule has 1 aromatic carbocycles. The van der Waals surface area contributed by atoms with E-state index in [-0.39, 0.29) is 23.3 Å². The van der Waals surface area contributed by atoms with E-state index in [0.717, 1.165) is 43.4 Å². The van der Waals surface area contributed by atoms with E-state index in [1.807, 2.05) is 0 Å². The fourth-order valence-corrected chi connectivity index (χ4v) is 4.83. The Morgan fingerprint density at radius 1 is 1.11 bits per heavy atom. The maximum atomic E-state index is 14.1. The summed E-state index contributed by atoms with van der Waals surface area (Å²) in [4.78, 5) is 16.3. The van der Waals surface area contributed by atoms with Gasteiger partial charge in [0.15, 0.2) is 5.82 Å². The van der Waals surface area contributed by atoms with Crippen molar-refractivity contribution >= 4 is 29.0 Å². The standard InChI is InChI=1S/C22H28FNO2S/c1-14-3-5-16(6-4-14)17-7-9-18(10-8-17)22(25)26-19-11-15(2)21(24-13-27)20(23)12-19/h11-12,14,16-18H,3-10H2,1-2H3. The number of benzene rings is 1. The van der Waals surface area contributed by atoms with Crippen LogP contribution in [0, 0.1) is 36.4 Å². The lowest BCUT2D eigenvalue weighted by molar-refractivity contribution is -0.140. The number of hydrogen-bond donors (Lipinski definition) is 0. The quantitative estimate of drug-likeness (QED) is 0.259. The van der Waals surface area contributed by atoms with Gasteiger partial charge in [-0.3, -0.25) is 4.79 Å². The van der Waals surface area contributed by atoms with Crippen molar-refractivity contribution in [2.75, 3.05) is 0 Å². The first-order chi connectivity index (χ1) is 13.0. The van der Waals surface area contributed by atoms with Gasteiger partial charge in [-0.05, 0) is 87.1 Å². The molecule has 2 saturated carbocycles. The summed E-state index contributed by atoms with van der Waals surface area (Å²) in [6.07, 6.45) is 9.35. The van der Waals surface area contributed by atoms with E-state index in [0.29, 0.717) is 5.56 Å². The number of rotatable bonds is 4. The average molecular weight is 390 g/mol. The Morgan fingerprint density at radius 3 is 2.26 bits per heavy atom. The molecular weight excluding hydrogens is 361 g/mol. The number of halogens is 1. The van der Waals surface area contributed by atoms with Gasteiger partial charge in [0.1, 0.15) is 11.4 Å². The first-order valence-electron chi connectivity index (χ1n) is 10.1. The van der Waals surface area contributed by atoms with Crippen molar-refractivity contribution in [3.63, 3.8) is 0 Å². The third-order valence-corrected chi connectivity index (χ3v) is 6.53. The van der Waals surface area contributed by atoms with E-state index in [1.165, 1.54) is 31.7 Å². The summed E-state index contributed by atoms with van der Waals surface area (Å²) in [6.45, 7) is 4.06. The first-order valence-corrected chi connectivity index (χ1v) is 10.5. The lowest BCUT2D eigenvalue weighted by Gasteiger charge is -2.36. The Kier molecular flexibility index (Phi) is 6.78. The molecule has 0 heterocycles. The van der Waals surface area contributed by atoms with E-state index >= 15 is 0 Å². The van der Waals surface area contributed by atoms with Crippen LogP contribution in [0.4, 0.5) is 10.1 Å². The number of isothiocyanates is 1. The number of aryl methyl sites for hydroxylation is 1.